The molecule has 1 aliphatic carbocycles. The van der Waals surface area contributed by atoms with E-state index in [4.69, 9.17) is 0 Å². The summed E-state index contributed by atoms with van der Waals surface area (Å²) in [6, 6.07) is 8.90. The Labute approximate surface area is 103 Å². The van der Waals surface area contributed by atoms with Gasteiger partial charge in [0, 0.05) is 12.5 Å². The fraction of sp³-hybridized carbons (Fsp3) is 0.533. The summed E-state index contributed by atoms with van der Waals surface area (Å²) < 4.78 is 0. The van der Waals surface area contributed by atoms with Gasteiger partial charge in [-0.25, -0.2) is 0 Å². The molecule has 0 saturated heterocycles. The predicted molar refractivity (Wildman–Crippen MR) is 69.9 cm³/mol. The molecule has 0 bridgehead atoms. The molecule has 1 aromatic carbocycles. The Kier molecular flexibility index (Phi) is 4.18. The highest BCUT2D eigenvalue weighted by Crippen LogP contribution is 2.21. The van der Waals surface area contributed by atoms with Crippen molar-refractivity contribution >= 4 is 5.91 Å². The molecule has 17 heavy (non-hydrogen) atoms. The maximum atomic E-state index is 11.7. The van der Waals surface area contributed by atoms with Gasteiger partial charge in [0.15, 0.2) is 0 Å². The maximum Gasteiger partial charge on any atom is 0.220 e. The van der Waals surface area contributed by atoms with E-state index in [-0.39, 0.29) is 5.91 Å². The number of rotatable bonds is 4. The second kappa shape index (κ2) is 5.85. The zero-order chi connectivity index (χ0) is 12.1. The fourth-order valence-corrected chi connectivity index (χ4v) is 2.46. The summed E-state index contributed by atoms with van der Waals surface area (Å²) in [4.78, 5) is 11.7. The van der Waals surface area contributed by atoms with E-state index in [0.717, 1.165) is 32.1 Å². The second-order valence-corrected chi connectivity index (χ2v) is 4.88. The molecule has 1 amide bonds. The van der Waals surface area contributed by atoms with Crippen molar-refractivity contribution in [3.63, 3.8) is 0 Å². The van der Waals surface area contributed by atoms with E-state index in [1.165, 1.54) is 11.1 Å². The quantitative estimate of drug-likeness (QED) is 0.848. The van der Waals surface area contributed by atoms with Gasteiger partial charge in [0.1, 0.15) is 0 Å². The highest BCUT2D eigenvalue weighted by atomic mass is 16.1. The number of carbonyl (C=O) groups is 1. The molecule has 0 spiro atoms. The summed E-state index contributed by atoms with van der Waals surface area (Å²) in [5.41, 5.74) is 2.85. The van der Waals surface area contributed by atoms with E-state index < -0.39 is 0 Å². The lowest BCUT2D eigenvalue weighted by Gasteiger charge is -2.25. The van der Waals surface area contributed by atoms with E-state index in [2.05, 4.69) is 36.5 Å². The molecule has 1 aliphatic rings. The monoisotopic (exact) mass is 231 g/mol. The lowest BCUT2D eigenvalue weighted by atomic mass is 9.88. The van der Waals surface area contributed by atoms with E-state index in [1.54, 1.807) is 0 Å². The van der Waals surface area contributed by atoms with E-state index in [9.17, 15) is 4.79 Å². The normalized spacial score (nSPS) is 18.5. The van der Waals surface area contributed by atoms with Gasteiger partial charge in [-0.1, -0.05) is 37.6 Å². The van der Waals surface area contributed by atoms with Gasteiger partial charge in [-0.15, -0.1) is 0 Å². The van der Waals surface area contributed by atoms with Gasteiger partial charge in [0.2, 0.25) is 5.91 Å². The average Bonchev–Trinajstić information content (AvgIpc) is 2.36. The van der Waals surface area contributed by atoms with Gasteiger partial charge in [-0.3, -0.25) is 4.79 Å². The van der Waals surface area contributed by atoms with Crippen LogP contribution in [0.5, 0.6) is 0 Å². The molecule has 1 N–H and O–H groups in total. The van der Waals surface area contributed by atoms with E-state index in [0.29, 0.717) is 12.5 Å². The summed E-state index contributed by atoms with van der Waals surface area (Å²) in [5.74, 6) is 0.219. The van der Waals surface area contributed by atoms with E-state index >= 15 is 0 Å². The van der Waals surface area contributed by atoms with Crippen molar-refractivity contribution in [3.8, 4) is 0 Å². The lowest BCUT2D eigenvalue weighted by molar-refractivity contribution is -0.122. The predicted octanol–water partition coefficient (Wildman–Crippen LogP) is 2.85. The van der Waals surface area contributed by atoms with Gasteiger partial charge in [0.05, 0.1) is 0 Å². The zero-order valence-electron chi connectivity index (χ0n) is 10.5. The van der Waals surface area contributed by atoms with Crippen LogP contribution in [0.15, 0.2) is 24.3 Å². The molecule has 92 valence electrons. The molecule has 0 saturated carbocycles. The Morgan fingerprint density at radius 1 is 1.35 bits per heavy atom. The number of carbonyl (C=O) groups excluding carboxylic acids is 1. The molecule has 1 aromatic rings. The number of aryl methyl sites for hydroxylation is 1. The first kappa shape index (κ1) is 12.2. The third-order valence-corrected chi connectivity index (χ3v) is 3.47. The molecular formula is C15H21NO. The molecule has 0 aromatic heterocycles. The van der Waals surface area contributed by atoms with Crippen molar-refractivity contribution < 1.29 is 4.79 Å². The molecule has 2 nitrogen and oxygen atoms in total. The minimum absolute atomic E-state index is 0.219. The fourth-order valence-electron chi connectivity index (χ4n) is 2.46. The molecule has 0 fully saturated rings. The summed E-state index contributed by atoms with van der Waals surface area (Å²) in [6.45, 7) is 2.12. The molecule has 0 aliphatic heterocycles. The maximum absolute atomic E-state index is 11.7. The first-order chi connectivity index (χ1) is 8.29. The van der Waals surface area contributed by atoms with Crippen LogP contribution in [0.25, 0.3) is 0 Å². The Balaban J connectivity index is 1.88. The Morgan fingerprint density at radius 2 is 2.12 bits per heavy atom. The number of nitrogens with one attached hydrogen (secondary N) is 1. The van der Waals surface area contributed by atoms with E-state index in [1.807, 2.05) is 0 Å². The molecule has 2 heteroatoms. The number of hydrogen-bond donors (Lipinski definition) is 1. The number of unbranched alkanes of at least 4 members (excludes halogenated alkanes) is 1. The Hall–Kier alpha value is -1.31. The smallest absolute Gasteiger partial charge is 0.220 e. The molecule has 1 atom stereocenters. The Morgan fingerprint density at radius 3 is 2.88 bits per heavy atom. The van der Waals surface area contributed by atoms with Crippen molar-refractivity contribution in [3.05, 3.63) is 35.4 Å². The first-order valence-corrected chi connectivity index (χ1v) is 6.65. The van der Waals surface area contributed by atoms with Crippen LogP contribution in [-0.4, -0.2) is 11.9 Å². The minimum Gasteiger partial charge on any atom is -0.353 e. The van der Waals surface area contributed by atoms with Crippen LogP contribution in [-0.2, 0) is 17.6 Å². The minimum atomic E-state index is 0.219. The summed E-state index contributed by atoms with van der Waals surface area (Å²) >= 11 is 0. The van der Waals surface area contributed by atoms with Crippen molar-refractivity contribution in [2.45, 2.75) is 51.5 Å². The van der Waals surface area contributed by atoms with Gasteiger partial charge in [0.25, 0.3) is 0 Å². The van der Waals surface area contributed by atoms with Crippen LogP contribution in [0.1, 0.15) is 43.7 Å². The summed E-state index contributed by atoms with van der Waals surface area (Å²) in [5, 5.41) is 3.16. The summed E-state index contributed by atoms with van der Waals surface area (Å²) in [6.07, 6.45) is 5.92. The van der Waals surface area contributed by atoms with Gasteiger partial charge in [-0.2, -0.15) is 0 Å². The van der Waals surface area contributed by atoms with Gasteiger partial charge in [-0.05, 0) is 36.8 Å². The van der Waals surface area contributed by atoms with Gasteiger partial charge < -0.3 is 5.32 Å². The molecule has 2 rings (SSSR count). The molecule has 0 radical (unpaired) electrons. The second-order valence-electron chi connectivity index (χ2n) is 4.88. The highest BCUT2D eigenvalue weighted by Gasteiger charge is 2.19. The number of amides is 1. The zero-order valence-corrected chi connectivity index (χ0v) is 10.5. The number of fused-ring (bicyclic) bond motifs is 1. The topological polar surface area (TPSA) is 29.1 Å². The van der Waals surface area contributed by atoms with Crippen molar-refractivity contribution in [1.29, 1.82) is 0 Å². The van der Waals surface area contributed by atoms with Crippen LogP contribution in [0, 0.1) is 0 Å². The standard InChI is InChI=1S/C15H21NO/c1-2-3-8-15(17)16-14-10-9-12-6-4-5-7-13(12)11-14/h4-7,14H,2-3,8-11H2,1H3,(H,16,17). The van der Waals surface area contributed by atoms with Crippen molar-refractivity contribution in [1.82, 2.24) is 5.32 Å². The SMILES string of the molecule is CCCCC(=O)NC1CCc2ccccc2C1. The number of benzene rings is 1. The molecular weight excluding hydrogens is 210 g/mol. The third kappa shape index (κ3) is 3.32. The van der Waals surface area contributed by atoms with Crippen LogP contribution in [0.4, 0.5) is 0 Å². The molecule has 0 heterocycles. The average molecular weight is 231 g/mol. The van der Waals surface area contributed by atoms with Crippen molar-refractivity contribution in [2.24, 2.45) is 0 Å². The van der Waals surface area contributed by atoms with Crippen LogP contribution in [0.2, 0.25) is 0 Å². The summed E-state index contributed by atoms with van der Waals surface area (Å²) in [7, 11) is 0. The third-order valence-electron chi connectivity index (χ3n) is 3.47. The largest absolute Gasteiger partial charge is 0.353 e. The number of hydrogen-bond acceptors (Lipinski definition) is 1. The van der Waals surface area contributed by atoms with Crippen LogP contribution >= 0.6 is 0 Å². The lowest BCUT2D eigenvalue weighted by Crippen LogP contribution is -2.38. The Bertz CT molecular complexity index is 386. The first-order valence-electron chi connectivity index (χ1n) is 6.65. The van der Waals surface area contributed by atoms with Gasteiger partial charge >= 0.3 is 0 Å². The van der Waals surface area contributed by atoms with Crippen LogP contribution < -0.4 is 5.32 Å². The highest BCUT2D eigenvalue weighted by molar-refractivity contribution is 5.76. The van der Waals surface area contributed by atoms with Crippen molar-refractivity contribution in [2.75, 3.05) is 0 Å². The molecule has 1 unspecified atom stereocenters. The van der Waals surface area contributed by atoms with Crippen LogP contribution in [0.3, 0.4) is 0 Å².